The van der Waals surface area contributed by atoms with Gasteiger partial charge in [0.2, 0.25) is 0 Å². The van der Waals surface area contributed by atoms with E-state index in [1.165, 1.54) is 6.07 Å². The quantitative estimate of drug-likeness (QED) is 0.345. The summed E-state index contributed by atoms with van der Waals surface area (Å²) in [5.74, 6) is -1.54. The minimum atomic E-state index is -4.73. The third-order valence-corrected chi connectivity index (χ3v) is 7.10. The van der Waals surface area contributed by atoms with Crippen molar-refractivity contribution in [1.82, 2.24) is 9.97 Å². The maximum absolute atomic E-state index is 13.6. The molecule has 0 spiro atoms. The van der Waals surface area contributed by atoms with Gasteiger partial charge in [0.1, 0.15) is 11.5 Å². The predicted octanol–water partition coefficient (Wildman–Crippen LogP) is 6.05. The van der Waals surface area contributed by atoms with Gasteiger partial charge in [-0.15, -0.1) is 0 Å². The monoisotopic (exact) mass is 593 g/mol. The molecule has 2 aromatic carbocycles. The van der Waals surface area contributed by atoms with Crippen LogP contribution in [0.4, 0.5) is 36.8 Å². The number of nitrogens with zero attached hydrogens (tertiary/aromatic N) is 4. The minimum absolute atomic E-state index is 0.0211. The van der Waals surface area contributed by atoms with E-state index in [1.54, 1.807) is 19.9 Å². The number of amides is 1. The van der Waals surface area contributed by atoms with Crippen LogP contribution < -0.4 is 10.6 Å². The Kier molecular flexibility index (Phi) is 8.10. The number of nitrogens with two attached hydrogens (primary N) is 1. The number of carbonyl (C=O) groups excluding carboxylic acids is 1. The Morgan fingerprint density at radius 2 is 1.83 bits per heavy atom. The second kappa shape index (κ2) is 11.1. The third kappa shape index (κ3) is 5.82. The van der Waals surface area contributed by atoms with Crippen molar-refractivity contribution < 1.29 is 41.0 Å². The SMILES string of the molecule is CCOC(=O)N1c2ccc(C(F)(F)F)cc2CC(c2ncc(O)c(Cc3cc(C#N)cc(C(F)(F)F)c3)n2)C1(N)CC. The standard InChI is InChI=1S/C28H25F6N5O3/c1-3-26(36)20(12-17-11-18(27(29,30)31)5-6-22(17)39(26)25(41)42-4-2)24-37-14-23(40)21(38-24)10-15-7-16(13-35)9-19(8-15)28(32,33)34/h5-9,11,14,20,40H,3-4,10,12,36H2,1-2H3. The molecule has 0 saturated carbocycles. The number of fused-ring (bicyclic) bond motifs is 1. The number of aromatic hydroxyl groups is 1. The number of aromatic nitrogens is 2. The average Bonchev–Trinajstić information content (AvgIpc) is 2.92. The lowest BCUT2D eigenvalue weighted by Gasteiger charge is -2.48. The van der Waals surface area contributed by atoms with Crippen molar-refractivity contribution in [2.75, 3.05) is 11.5 Å². The van der Waals surface area contributed by atoms with Crippen molar-refractivity contribution in [1.29, 1.82) is 5.26 Å². The number of hydrogen-bond donors (Lipinski definition) is 2. The molecule has 3 N–H and O–H groups in total. The highest BCUT2D eigenvalue weighted by molar-refractivity contribution is 5.91. The molecular formula is C28H25F6N5O3. The number of rotatable bonds is 5. The first-order chi connectivity index (χ1) is 19.6. The van der Waals surface area contributed by atoms with E-state index in [4.69, 9.17) is 10.5 Å². The summed E-state index contributed by atoms with van der Waals surface area (Å²) in [5.41, 5.74) is 3.07. The zero-order valence-electron chi connectivity index (χ0n) is 22.3. The molecule has 4 rings (SSSR count). The highest BCUT2D eigenvalue weighted by atomic mass is 19.4. The number of ether oxygens (including phenoxy) is 1. The van der Waals surface area contributed by atoms with Crippen LogP contribution in [-0.4, -0.2) is 33.4 Å². The van der Waals surface area contributed by atoms with Crippen LogP contribution in [0.5, 0.6) is 5.75 Å². The molecule has 222 valence electrons. The molecule has 1 aliphatic heterocycles. The molecule has 1 aliphatic rings. The molecule has 42 heavy (non-hydrogen) atoms. The number of hydrogen-bond acceptors (Lipinski definition) is 7. The maximum Gasteiger partial charge on any atom is 0.416 e. The van der Waals surface area contributed by atoms with Gasteiger partial charge in [0, 0.05) is 6.42 Å². The number of nitriles is 1. The topological polar surface area (TPSA) is 125 Å². The lowest BCUT2D eigenvalue weighted by Crippen LogP contribution is -2.65. The van der Waals surface area contributed by atoms with Crippen molar-refractivity contribution in [3.8, 4) is 11.8 Å². The van der Waals surface area contributed by atoms with Crippen molar-refractivity contribution in [3.05, 3.63) is 81.9 Å². The van der Waals surface area contributed by atoms with Gasteiger partial charge in [-0.2, -0.15) is 31.6 Å². The highest BCUT2D eigenvalue weighted by Gasteiger charge is 2.50. The summed E-state index contributed by atoms with van der Waals surface area (Å²) in [5, 5.41) is 19.7. The van der Waals surface area contributed by atoms with E-state index in [1.807, 2.05) is 0 Å². The van der Waals surface area contributed by atoms with E-state index in [2.05, 4.69) is 9.97 Å². The van der Waals surface area contributed by atoms with Crippen molar-refractivity contribution in [2.45, 2.75) is 57.0 Å². The summed E-state index contributed by atoms with van der Waals surface area (Å²) in [6.07, 6.45) is -9.70. The Hall–Kier alpha value is -4.38. The van der Waals surface area contributed by atoms with Crippen LogP contribution in [0.1, 0.15) is 65.5 Å². The fourth-order valence-electron chi connectivity index (χ4n) is 5.04. The van der Waals surface area contributed by atoms with Crippen molar-refractivity contribution in [3.63, 3.8) is 0 Å². The number of benzene rings is 2. The predicted molar refractivity (Wildman–Crippen MR) is 137 cm³/mol. The molecule has 0 saturated heterocycles. The van der Waals surface area contributed by atoms with Gasteiger partial charge >= 0.3 is 18.4 Å². The Labute approximate surface area is 236 Å². The second-order valence-electron chi connectivity index (χ2n) is 9.74. The van der Waals surface area contributed by atoms with Crippen LogP contribution in [0.25, 0.3) is 0 Å². The van der Waals surface area contributed by atoms with Gasteiger partial charge in [0.05, 0.1) is 52.9 Å². The van der Waals surface area contributed by atoms with Crippen LogP contribution in [0, 0.1) is 11.3 Å². The highest BCUT2D eigenvalue weighted by Crippen LogP contribution is 2.46. The first kappa shape index (κ1) is 30.6. The number of carbonyl (C=O) groups is 1. The molecule has 0 radical (unpaired) electrons. The van der Waals surface area contributed by atoms with E-state index in [-0.39, 0.29) is 59.8 Å². The van der Waals surface area contributed by atoms with Crippen LogP contribution in [0.3, 0.4) is 0 Å². The van der Waals surface area contributed by atoms with E-state index >= 15 is 0 Å². The first-order valence-corrected chi connectivity index (χ1v) is 12.7. The van der Waals surface area contributed by atoms with Crippen molar-refractivity contribution in [2.24, 2.45) is 5.73 Å². The lowest BCUT2D eigenvalue weighted by atomic mass is 9.78. The molecule has 0 aliphatic carbocycles. The fraction of sp³-hybridized carbons (Fsp3) is 0.357. The van der Waals surface area contributed by atoms with Crippen LogP contribution in [0.15, 0.2) is 42.6 Å². The first-order valence-electron chi connectivity index (χ1n) is 12.7. The maximum atomic E-state index is 13.6. The van der Waals surface area contributed by atoms with E-state index in [0.29, 0.717) is 6.07 Å². The van der Waals surface area contributed by atoms with Crippen LogP contribution >= 0.6 is 0 Å². The third-order valence-electron chi connectivity index (χ3n) is 7.10. The number of anilines is 1. The van der Waals surface area contributed by atoms with Crippen molar-refractivity contribution >= 4 is 11.8 Å². The number of halogens is 6. The molecule has 3 aromatic rings. The van der Waals surface area contributed by atoms with Gasteiger partial charge < -0.3 is 15.6 Å². The summed E-state index contributed by atoms with van der Waals surface area (Å²) in [7, 11) is 0. The minimum Gasteiger partial charge on any atom is -0.504 e. The van der Waals surface area contributed by atoms with E-state index in [9.17, 15) is 41.5 Å². The van der Waals surface area contributed by atoms with Crippen LogP contribution in [0.2, 0.25) is 0 Å². The molecule has 14 heteroatoms. The summed E-state index contributed by atoms with van der Waals surface area (Å²) in [4.78, 5) is 22.7. The van der Waals surface area contributed by atoms with Gasteiger partial charge in [-0.05, 0) is 67.3 Å². The Morgan fingerprint density at radius 1 is 1.14 bits per heavy atom. The number of alkyl halides is 6. The Bertz CT molecular complexity index is 1550. The van der Waals surface area contributed by atoms with Gasteiger partial charge in [-0.1, -0.05) is 6.92 Å². The van der Waals surface area contributed by atoms with E-state index in [0.717, 1.165) is 35.4 Å². The summed E-state index contributed by atoms with van der Waals surface area (Å²) < 4.78 is 86.1. The Morgan fingerprint density at radius 3 is 2.43 bits per heavy atom. The smallest absolute Gasteiger partial charge is 0.416 e. The van der Waals surface area contributed by atoms with Gasteiger partial charge in [-0.25, -0.2) is 14.8 Å². The van der Waals surface area contributed by atoms with Gasteiger partial charge in [0.25, 0.3) is 0 Å². The summed E-state index contributed by atoms with van der Waals surface area (Å²) in [6, 6.07) is 7.28. The summed E-state index contributed by atoms with van der Waals surface area (Å²) in [6.45, 7) is 3.16. The molecule has 0 fully saturated rings. The molecule has 0 bridgehead atoms. The molecule has 1 amide bonds. The molecule has 2 unspecified atom stereocenters. The molecule has 2 atom stereocenters. The second-order valence-corrected chi connectivity index (χ2v) is 9.74. The normalized spacial score (nSPS) is 18.8. The lowest BCUT2D eigenvalue weighted by molar-refractivity contribution is -0.138. The largest absolute Gasteiger partial charge is 0.504 e. The molecular weight excluding hydrogens is 568 g/mol. The van der Waals surface area contributed by atoms with E-state index < -0.39 is 46.9 Å². The fourth-order valence-corrected chi connectivity index (χ4v) is 5.04. The average molecular weight is 594 g/mol. The zero-order chi connectivity index (χ0) is 31.0. The van der Waals surface area contributed by atoms with Gasteiger partial charge in [-0.3, -0.25) is 4.90 Å². The van der Waals surface area contributed by atoms with Crippen LogP contribution in [-0.2, 0) is 29.9 Å². The molecule has 8 nitrogen and oxygen atoms in total. The zero-order valence-corrected chi connectivity index (χ0v) is 22.3. The Balaban J connectivity index is 1.84. The van der Waals surface area contributed by atoms with Gasteiger partial charge in [0.15, 0.2) is 5.75 Å². The summed E-state index contributed by atoms with van der Waals surface area (Å²) >= 11 is 0. The molecule has 2 heterocycles. The molecule has 1 aromatic heterocycles.